The third kappa shape index (κ3) is 4.02. The van der Waals surface area contributed by atoms with Crippen LogP contribution in [0.2, 0.25) is 0 Å². The number of hydrogen-bond donors (Lipinski definition) is 0. The Morgan fingerprint density at radius 3 is 2.59 bits per heavy atom. The molecule has 0 bridgehead atoms. The molecule has 1 saturated carbocycles. The highest BCUT2D eigenvalue weighted by Gasteiger charge is 2.38. The van der Waals surface area contributed by atoms with E-state index in [-0.39, 0.29) is 36.2 Å². The lowest BCUT2D eigenvalue weighted by molar-refractivity contribution is -0.141. The molecular weight excluding hydrogens is 342 g/mol. The molecule has 144 valence electrons. The summed E-state index contributed by atoms with van der Waals surface area (Å²) in [4.78, 5) is 26.3. The van der Waals surface area contributed by atoms with Crippen LogP contribution in [0.15, 0.2) is 42.5 Å². The Balaban J connectivity index is 1.46. The number of hydrogen-bond acceptors (Lipinski definition) is 4. The highest BCUT2D eigenvalue weighted by Crippen LogP contribution is 2.36. The summed E-state index contributed by atoms with van der Waals surface area (Å²) in [6.45, 7) is 0.661. The fourth-order valence-electron chi connectivity index (χ4n) is 4.64. The van der Waals surface area contributed by atoms with Gasteiger partial charge in [0, 0.05) is 18.5 Å². The average Bonchev–Trinajstić information content (AvgIpc) is 3.15. The highest BCUT2D eigenvalue weighted by atomic mass is 16.6. The second-order valence-corrected chi connectivity index (χ2v) is 7.74. The zero-order chi connectivity index (χ0) is 18.6. The molecule has 0 spiro atoms. The highest BCUT2D eigenvalue weighted by molar-refractivity contribution is 5.84. The van der Waals surface area contributed by atoms with Crippen molar-refractivity contribution < 1.29 is 19.1 Å². The SMILES string of the molecule is O=C1C=C[C@H]([C@H]2CCCCN2C(=O)O[C@@H]2CCCC[C@H]2c2ccccc2)O1. The minimum absolute atomic E-state index is 0.0853. The molecule has 2 heterocycles. The van der Waals surface area contributed by atoms with E-state index in [9.17, 15) is 9.59 Å². The van der Waals surface area contributed by atoms with Crippen molar-refractivity contribution in [1.29, 1.82) is 0 Å². The summed E-state index contributed by atoms with van der Waals surface area (Å²) in [6, 6.07) is 10.2. The maximum Gasteiger partial charge on any atom is 0.410 e. The second-order valence-electron chi connectivity index (χ2n) is 7.74. The third-order valence-corrected chi connectivity index (χ3v) is 6.02. The van der Waals surface area contributed by atoms with Crippen LogP contribution in [-0.4, -0.2) is 41.8 Å². The monoisotopic (exact) mass is 369 g/mol. The molecule has 1 aromatic carbocycles. The lowest BCUT2D eigenvalue weighted by Gasteiger charge is -2.39. The van der Waals surface area contributed by atoms with Gasteiger partial charge in [-0.2, -0.15) is 0 Å². The molecule has 3 aliphatic rings. The predicted molar refractivity (Wildman–Crippen MR) is 101 cm³/mol. The first kappa shape index (κ1) is 18.1. The van der Waals surface area contributed by atoms with Crippen LogP contribution >= 0.6 is 0 Å². The number of benzene rings is 1. The van der Waals surface area contributed by atoms with Gasteiger partial charge in [0.25, 0.3) is 0 Å². The van der Waals surface area contributed by atoms with Gasteiger partial charge in [-0.05, 0) is 50.2 Å². The van der Waals surface area contributed by atoms with E-state index in [4.69, 9.17) is 9.47 Å². The molecule has 0 N–H and O–H groups in total. The molecule has 1 saturated heterocycles. The van der Waals surface area contributed by atoms with E-state index >= 15 is 0 Å². The molecule has 2 fully saturated rings. The summed E-state index contributed by atoms with van der Waals surface area (Å²) in [5.41, 5.74) is 1.25. The van der Waals surface area contributed by atoms with Gasteiger partial charge in [-0.3, -0.25) is 0 Å². The van der Waals surface area contributed by atoms with E-state index in [1.807, 2.05) is 18.2 Å². The zero-order valence-corrected chi connectivity index (χ0v) is 15.6. The summed E-state index contributed by atoms with van der Waals surface area (Å²) in [6.07, 6.45) is 9.58. The van der Waals surface area contributed by atoms with Gasteiger partial charge in [-0.25, -0.2) is 9.59 Å². The third-order valence-electron chi connectivity index (χ3n) is 6.02. The summed E-state index contributed by atoms with van der Waals surface area (Å²) < 4.78 is 11.4. The fraction of sp³-hybridized carbons (Fsp3) is 0.545. The van der Waals surface area contributed by atoms with E-state index in [0.717, 1.165) is 38.5 Å². The summed E-state index contributed by atoms with van der Waals surface area (Å²) in [5, 5.41) is 0. The van der Waals surface area contributed by atoms with Gasteiger partial charge in [0.1, 0.15) is 12.2 Å². The van der Waals surface area contributed by atoms with Crippen molar-refractivity contribution in [2.45, 2.75) is 69.1 Å². The molecule has 27 heavy (non-hydrogen) atoms. The van der Waals surface area contributed by atoms with Gasteiger partial charge in [-0.15, -0.1) is 0 Å². The number of likely N-dealkylation sites (tertiary alicyclic amines) is 1. The predicted octanol–water partition coefficient (Wildman–Crippen LogP) is 4.19. The van der Waals surface area contributed by atoms with Crippen LogP contribution in [0.4, 0.5) is 4.79 Å². The van der Waals surface area contributed by atoms with Gasteiger partial charge in [-0.1, -0.05) is 36.8 Å². The first-order chi connectivity index (χ1) is 13.2. The zero-order valence-electron chi connectivity index (χ0n) is 15.6. The van der Waals surface area contributed by atoms with Crippen molar-refractivity contribution in [2.75, 3.05) is 6.54 Å². The Bertz CT molecular complexity index is 702. The summed E-state index contributed by atoms with van der Waals surface area (Å²) in [5.74, 6) is -0.0633. The normalized spacial score (nSPS) is 30.8. The molecular formula is C22H27NO4. The fourth-order valence-corrected chi connectivity index (χ4v) is 4.64. The van der Waals surface area contributed by atoms with Crippen molar-refractivity contribution in [1.82, 2.24) is 4.90 Å². The lowest BCUT2D eigenvalue weighted by Crippen LogP contribution is -2.50. The van der Waals surface area contributed by atoms with Crippen LogP contribution in [0.1, 0.15) is 56.4 Å². The molecule has 0 aromatic heterocycles. The number of carbonyl (C=O) groups is 2. The summed E-state index contributed by atoms with van der Waals surface area (Å²) >= 11 is 0. The van der Waals surface area contributed by atoms with Gasteiger partial charge < -0.3 is 14.4 Å². The molecule has 0 unspecified atom stereocenters. The van der Waals surface area contributed by atoms with Gasteiger partial charge >= 0.3 is 12.1 Å². The van der Waals surface area contributed by atoms with Crippen LogP contribution in [0.5, 0.6) is 0 Å². The maximum absolute atomic E-state index is 13.0. The van der Waals surface area contributed by atoms with E-state index in [1.165, 1.54) is 18.1 Å². The molecule has 1 aromatic rings. The largest absolute Gasteiger partial charge is 0.453 e. The smallest absolute Gasteiger partial charge is 0.410 e. The average molecular weight is 369 g/mol. The molecule has 0 radical (unpaired) electrons. The molecule has 2 aliphatic heterocycles. The van der Waals surface area contributed by atoms with E-state index in [1.54, 1.807) is 11.0 Å². The Hall–Kier alpha value is -2.30. The molecule has 1 amide bonds. The molecule has 1 aliphatic carbocycles. The van der Waals surface area contributed by atoms with Crippen LogP contribution in [0.3, 0.4) is 0 Å². The first-order valence-corrected chi connectivity index (χ1v) is 10.1. The molecule has 4 atom stereocenters. The number of amides is 1. The van der Waals surface area contributed by atoms with Crippen LogP contribution in [-0.2, 0) is 14.3 Å². The Kier molecular flexibility index (Phi) is 5.46. The molecule has 4 rings (SSSR count). The van der Waals surface area contributed by atoms with Crippen molar-refractivity contribution in [3.05, 3.63) is 48.0 Å². The summed E-state index contributed by atoms with van der Waals surface area (Å²) in [7, 11) is 0. The van der Waals surface area contributed by atoms with E-state index < -0.39 is 0 Å². The number of piperidine rings is 1. The second kappa shape index (κ2) is 8.15. The Morgan fingerprint density at radius 2 is 1.81 bits per heavy atom. The number of rotatable bonds is 3. The minimum Gasteiger partial charge on any atom is -0.453 e. The molecule has 5 nitrogen and oxygen atoms in total. The number of carbonyl (C=O) groups excluding carboxylic acids is 2. The number of esters is 1. The number of ether oxygens (including phenoxy) is 2. The van der Waals surface area contributed by atoms with E-state index in [2.05, 4.69) is 12.1 Å². The van der Waals surface area contributed by atoms with Gasteiger partial charge in [0.2, 0.25) is 0 Å². The van der Waals surface area contributed by atoms with Crippen molar-refractivity contribution >= 4 is 12.1 Å². The Labute approximate surface area is 160 Å². The topological polar surface area (TPSA) is 55.8 Å². The number of cyclic esters (lactones) is 1. The minimum atomic E-state index is -0.346. The molecule has 5 heteroatoms. The van der Waals surface area contributed by atoms with Crippen LogP contribution < -0.4 is 0 Å². The van der Waals surface area contributed by atoms with Crippen LogP contribution in [0, 0.1) is 0 Å². The Morgan fingerprint density at radius 1 is 1.04 bits per heavy atom. The van der Waals surface area contributed by atoms with Crippen LogP contribution in [0.25, 0.3) is 0 Å². The number of nitrogens with zero attached hydrogens (tertiary/aromatic N) is 1. The van der Waals surface area contributed by atoms with E-state index in [0.29, 0.717) is 6.54 Å². The van der Waals surface area contributed by atoms with Crippen molar-refractivity contribution in [3.8, 4) is 0 Å². The van der Waals surface area contributed by atoms with Gasteiger partial charge in [0.15, 0.2) is 0 Å². The quantitative estimate of drug-likeness (QED) is 0.750. The van der Waals surface area contributed by atoms with Gasteiger partial charge in [0.05, 0.1) is 6.04 Å². The standard InChI is InChI=1S/C22H27NO4/c24-21-14-13-20(26-21)18-11-6-7-15-23(18)22(25)27-19-12-5-4-10-17(19)16-8-2-1-3-9-16/h1-3,8-9,13-14,17-20H,4-7,10-12,15H2/t17-,18+,19+,20+/m0/s1. The van der Waals surface area contributed by atoms with Crippen molar-refractivity contribution in [2.24, 2.45) is 0 Å². The van der Waals surface area contributed by atoms with Crippen molar-refractivity contribution in [3.63, 3.8) is 0 Å². The lowest BCUT2D eigenvalue weighted by atomic mass is 9.81. The maximum atomic E-state index is 13.0. The first-order valence-electron chi connectivity index (χ1n) is 10.1.